The summed E-state index contributed by atoms with van der Waals surface area (Å²) >= 11 is 0. The van der Waals surface area contributed by atoms with Gasteiger partial charge in [-0.1, -0.05) is 0 Å². The number of carboxylic acids is 2. The van der Waals surface area contributed by atoms with E-state index < -0.39 is 11.9 Å². The van der Waals surface area contributed by atoms with E-state index in [1.807, 2.05) is 0 Å². The van der Waals surface area contributed by atoms with E-state index in [1.54, 1.807) is 38.5 Å². The summed E-state index contributed by atoms with van der Waals surface area (Å²) in [6.45, 7) is 0. The number of hydrogen-bond acceptors (Lipinski definition) is 3. The Kier molecular flexibility index (Phi) is 8.25. The summed E-state index contributed by atoms with van der Waals surface area (Å²) in [7, 11) is 0. The van der Waals surface area contributed by atoms with E-state index in [4.69, 9.17) is 5.11 Å². The molecule has 2 aliphatic carbocycles. The zero-order chi connectivity index (χ0) is 12.0. The van der Waals surface area contributed by atoms with E-state index in [1.165, 1.54) is 12.8 Å². The van der Waals surface area contributed by atoms with Crippen molar-refractivity contribution in [2.24, 2.45) is 0 Å². The van der Waals surface area contributed by atoms with Crippen molar-refractivity contribution in [1.82, 2.24) is 0 Å². The van der Waals surface area contributed by atoms with Gasteiger partial charge in [-0.3, -0.25) is 4.79 Å². The van der Waals surface area contributed by atoms with Crippen LogP contribution in [0.2, 0.25) is 0 Å². The van der Waals surface area contributed by atoms with Gasteiger partial charge in [0.05, 0.1) is 5.92 Å². The molecule has 0 aliphatic heterocycles. The Morgan fingerprint density at radius 2 is 1.24 bits per heavy atom. The minimum atomic E-state index is -1.12. The Bertz CT molecular complexity index is 217. The van der Waals surface area contributed by atoms with Crippen LogP contribution in [-0.2, 0) is 26.4 Å². The van der Waals surface area contributed by atoms with Gasteiger partial charge >= 0.3 is 22.7 Å². The average molecular weight is 276 g/mol. The van der Waals surface area contributed by atoms with E-state index in [-0.39, 0.29) is 22.7 Å². The molecule has 88 valence electrons. The van der Waals surface area contributed by atoms with Crippen molar-refractivity contribution in [3.63, 3.8) is 0 Å². The Labute approximate surface area is 112 Å². The molecule has 0 amide bonds. The third-order valence-corrected chi connectivity index (χ3v) is 1.81. The summed E-state index contributed by atoms with van der Waals surface area (Å²) in [5.74, 6) is -1.39. The minimum Gasteiger partial charge on any atom is -0.549 e. The maximum atomic E-state index is 10.1. The maximum Gasteiger partial charge on any atom is 3.00 e. The van der Waals surface area contributed by atoms with Gasteiger partial charge in [-0.25, -0.2) is 0 Å². The van der Waals surface area contributed by atoms with Gasteiger partial charge < -0.3 is 15.0 Å². The zero-order valence-corrected chi connectivity index (χ0v) is 9.67. The van der Waals surface area contributed by atoms with Crippen LogP contribution in [0.15, 0.2) is 0 Å². The molecule has 5 heteroatoms. The molecule has 0 aromatic heterocycles. The molecule has 17 heavy (non-hydrogen) atoms. The number of carbonyl (C=O) groups is 2. The zero-order valence-electron chi connectivity index (χ0n) is 8.62. The quantitative estimate of drug-likeness (QED) is 0.745. The fourth-order valence-electron chi connectivity index (χ4n) is 1.03. The SMILES string of the molecule is O=C(O)[C]1[CH][CH][CH][CH]1.O=C([O-])[C]1[CH][CH][CH][CH]1.[Co+3]. The molecule has 2 saturated carbocycles. The first-order valence-corrected chi connectivity index (χ1v) is 4.49. The van der Waals surface area contributed by atoms with Crippen LogP contribution in [0.5, 0.6) is 0 Å². The number of carboxylic acid groups (broad SMARTS) is 2. The third-order valence-electron chi connectivity index (χ3n) is 1.81. The second kappa shape index (κ2) is 8.52. The number of hydrogen-bond donors (Lipinski definition) is 1. The molecule has 0 aromatic carbocycles. The largest absolute Gasteiger partial charge is 3.00 e. The molecule has 0 aromatic rings. The Balaban J connectivity index is 0.000000284. The summed E-state index contributed by atoms with van der Waals surface area (Å²) in [5, 5.41) is 18.2. The van der Waals surface area contributed by atoms with Crippen LogP contribution >= 0.6 is 0 Å². The van der Waals surface area contributed by atoms with Gasteiger partial charge in [0.1, 0.15) is 0 Å². The molecular formula is C12H9CoO4+2. The van der Waals surface area contributed by atoms with Crippen LogP contribution in [0.25, 0.3) is 0 Å². The Morgan fingerprint density at radius 3 is 1.41 bits per heavy atom. The fourth-order valence-corrected chi connectivity index (χ4v) is 1.03. The van der Waals surface area contributed by atoms with Crippen molar-refractivity contribution in [3.8, 4) is 0 Å². The molecule has 0 heterocycles. The van der Waals surface area contributed by atoms with Gasteiger partial charge in [-0.2, -0.15) is 0 Å². The molecule has 2 aliphatic rings. The minimum absolute atomic E-state index is 0. The normalized spacial score (nSPS) is 20.2. The van der Waals surface area contributed by atoms with Crippen molar-refractivity contribution >= 4 is 11.9 Å². The van der Waals surface area contributed by atoms with Crippen molar-refractivity contribution in [3.05, 3.63) is 63.2 Å². The van der Waals surface area contributed by atoms with E-state index >= 15 is 0 Å². The van der Waals surface area contributed by atoms with Crippen molar-refractivity contribution in [2.75, 3.05) is 0 Å². The molecule has 2 fully saturated rings. The molecule has 4 nitrogen and oxygen atoms in total. The summed E-state index contributed by atoms with van der Waals surface area (Å²) in [5.41, 5.74) is 0. The van der Waals surface area contributed by atoms with E-state index in [2.05, 4.69) is 0 Å². The molecule has 10 radical (unpaired) electrons. The van der Waals surface area contributed by atoms with Crippen molar-refractivity contribution in [1.29, 1.82) is 0 Å². The van der Waals surface area contributed by atoms with Crippen LogP contribution in [0.1, 0.15) is 0 Å². The van der Waals surface area contributed by atoms with E-state index in [0.29, 0.717) is 5.92 Å². The molecule has 0 unspecified atom stereocenters. The van der Waals surface area contributed by atoms with Gasteiger partial charge in [0, 0.05) is 11.9 Å². The van der Waals surface area contributed by atoms with Crippen LogP contribution in [-0.4, -0.2) is 17.0 Å². The Morgan fingerprint density at radius 1 is 0.882 bits per heavy atom. The first kappa shape index (κ1) is 16.4. The maximum absolute atomic E-state index is 10.1. The first-order chi connectivity index (χ1) is 7.61. The van der Waals surface area contributed by atoms with Crippen molar-refractivity contribution in [2.45, 2.75) is 0 Å². The molecule has 1 N–H and O–H groups in total. The fraction of sp³-hybridized carbons (Fsp3) is 0. The summed E-state index contributed by atoms with van der Waals surface area (Å²) < 4.78 is 0. The number of carbonyl (C=O) groups excluding carboxylic acids is 1. The average Bonchev–Trinajstić information content (AvgIpc) is 2.93. The predicted octanol–water partition coefficient (Wildman–Crippen LogP) is -0.385. The van der Waals surface area contributed by atoms with Gasteiger partial charge in [0.2, 0.25) is 0 Å². The topological polar surface area (TPSA) is 77.4 Å². The van der Waals surface area contributed by atoms with Gasteiger partial charge in [-0.15, -0.1) is 0 Å². The van der Waals surface area contributed by atoms with Crippen LogP contribution in [0.4, 0.5) is 0 Å². The van der Waals surface area contributed by atoms with Gasteiger partial charge in [-0.05, 0) is 51.4 Å². The van der Waals surface area contributed by atoms with Gasteiger partial charge in [0.15, 0.2) is 0 Å². The summed E-state index contributed by atoms with van der Waals surface area (Å²) in [6.07, 6.45) is 12.8. The molecule has 0 saturated heterocycles. The van der Waals surface area contributed by atoms with Crippen LogP contribution < -0.4 is 5.11 Å². The molecular weight excluding hydrogens is 267 g/mol. The molecule has 0 atom stereocenters. The predicted molar refractivity (Wildman–Crippen MR) is 53.5 cm³/mol. The van der Waals surface area contributed by atoms with E-state index in [9.17, 15) is 14.7 Å². The molecule has 0 spiro atoms. The standard InChI is InChI=1S/2C6H5O2.Co/c2*7-6(8)5-3-1-2-4-5;/h2*1-4H,(H,7,8);/q;;+3/p-1. The smallest absolute Gasteiger partial charge is 0.549 e. The van der Waals surface area contributed by atoms with Crippen molar-refractivity contribution < 1.29 is 36.6 Å². The number of rotatable bonds is 2. The van der Waals surface area contributed by atoms with Gasteiger partial charge in [0.25, 0.3) is 0 Å². The summed E-state index contributed by atoms with van der Waals surface area (Å²) in [4.78, 5) is 20.0. The first-order valence-electron chi connectivity index (χ1n) is 4.49. The van der Waals surface area contributed by atoms with Crippen LogP contribution in [0.3, 0.4) is 0 Å². The number of aliphatic carboxylic acids is 2. The second-order valence-corrected chi connectivity index (χ2v) is 2.94. The second-order valence-electron chi connectivity index (χ2n) is 2.94. The van der Waals surface area contributed by atoms with Crippen LogP contribution in [0, 0.1) is 63.2 Å². The van der Waals surface area contributed by atoms with E-state index in [0.717, 1.165) is 0 Å². The summed E-state index contributed by atoms with van der Waals surface area (Å²) in [6, 6.07) is 0. The molecule has 0 bridgehead atoms. The monoisotopic (exact) mass is 276 g/mol. The molecule has 2 rings (SSSR count). The Hall–Kier alpha value is -0.554. The third kappa shape index (κ3) is 6.07.